The standard InChI is InChI=1S/C28H52N5O5PS/c1-25(21-33-23-32-26-27(29)30-22-31-28(26)33)37-24-39(34,35)38-19-16-18-36-17-14-12-10-8-6-5-7-9-11-13-15-20-40(2,3)4/h22-23,25H,5-19,21,24H2,1-4H3,(H,34,35)(H2,29,30,31)/t25-/m1/s1. The zero-order valence-electron chi connectivity index (χ0n) is 25.1. The van der Waals surface area contributed by atoms with Crippen molar-refractivity contribution in [3.8, 4) is 5.18 Å². The van der Waals surface area contributed by atoms with Crippen LogP contribution in [0.3, 0.4) is 0 Å². The lowest BCUT2D eigenvalue weighted by molar-refractivity contribution is 0.0688. The number of hydrogen-bond donors (Lipinski definition) is 2. The molecule has 0 aromatic carbocycles. The van der Waals surface area contributed by atoms with Crippen LogP contribution in [0.25, 0.3) is 11.2 Å². The maximum absolute atomic E-state index is 12.3. The van der Waals surface area contributed by atoms with Crippen molar-refractivity contribution in [3.05, 3.63) is 12.7 Å². The van der Waals surface area contributed by atoms with Crippen LogP contribution in [0.5, 0.6) is 0 Å². The molecule has 0 saturated carbocycles. The molecular weight excluding hydrogens is 549 g/mol. The monoisotopic (exact) mass is 601 g/mol. The molecule has 2 heterocycles. The van der Waals surface area contributed by atoms with Gasteiger partial charge < -0.3 is 29.2 Å². The number of rotatable bonds is 22. The zero-order valence-corrected chi connectivity index (χ0v) is 26.8. The van der Waals surface area contributed by atoms with E-state index in [-0.39, 0.29) is 19.1 Å². The average Bonchev–Trinajstić information content (AvgIpc) is 3.30. The summed E-state index contributed by atoms with van der Waals surface area (Å²) < 4.78 is 30.4. The van der Waals surface area contributed by atoms with Crippen LogP contribution in [0.1, 0.15) is 84.0 Å². The fraction of sp³-hybridized carbons (Fsp3) is 0.786. The number of anilines is 1. The maximum atomic E-state index is 12.3. The molecule has 230 valence electrons. The van der Waals surface area contributed by atoms with Gasteiger partial charge in [-0.25, -0.2) is 15.0 Å². The Morgan fingerprint density at radius 1 is 0.950 bits per heavy atom. The Kier molecular flexibility index (Phi) is 16.4. The zero-order chi connectivity index (χ0) is 29.3. The van der Waals surface area contributed by atoms with Gasteiger partial charge in [0.1, 0.15) is 18.2 Å². The smallest absolute Gasteiger partial charge is 0.353 e. The van der Waals surface area contributed by atoms with Gasteiger partial charge in [0.25, 0.3) is 0 Å². The largest absolute Gasteiger partial charge is 0.382 e. The number of hydrogen-bond acceptors (Lipinski definition) is 8. The van der Waals surface area contributed by atoms with Crippen LogP contribution >= 0.6 is 17.0 Å². The highest BCUT2D eigenvalue weighted by Gasteiger charge is 2.21. The summed E-state index contributed by atoms with van der Waals surface area (Å²) in [7, 11) is -4.40. The third-order valence-corrected chi connectivity index (χ3v) is 8.51. The van der Waals surface area contributed by atoms with E-state index in [0.717, 1.165) is 19.4 Å². The Hall–Kier alpha value is -1.45. The number of fused-ring (bicyclic) bond motifs is 1. The van der Waals surface area contributed by atoms with E-state index < -0.39 is 17.0 Å². The summed E-state index contributed by atoms with van der Waals surface area (Å²) in [6, 6.07) is 0. The van der Waals surface area contributed by atoms with E-state index in [4.69, 9.17) is 19.7 Å². The Labute approximate surface area is 241 Å². The van der Waals surface area contributed by atoms with Gasteiger partial charge >= 0.3 is 7.60 Å². The van der Waals surface area contributed by atoms with Gasteiger partial charge in [-0.3, -0.25) is 4.57 Å². The Morgan fingerprint density at radius 2 is 1.57 bits per heavy atom. The predicted octanol–water partition coefficient (Wildman–Crippen LogP) is 6.32. The SMILES string of the molecule is C[C@H](Cn1cnc2c(N)ncnc21)OCP(=O)(O)OCCCOCCCCCCCCCCCCC#S(C)(C)C. The predicted molar refractivity (Wildman–Crippen MR) is 166 cm³/mol. The number of unbranched alkanes of at least 4 members (excludes halogenated alkanes) is 10. The molecular formula is C28H52N5O5PS. The molecule has 0 amide bonds. The van der Waals surface area contributed by atoms with Crippen LogP contribution in [0.4, 0.5) is 5.82 Å². The van der Waals surface area contributed by atoms with E-state index in [2.05, 4.69) is 38.9 Å². The van der Waals surface area contributed by atoms with Crippen LogP contribution in [0.15, 0.2) is 12.7 Å². The van der Waals surface area contributed by atoms with Gasteiger partial charge in [-0.15, -0.1) is 5.18 Å². The lowest BCUT2D eigenvalue weighted by atomic mass is 10.1. The molecule has 2 aromatic rings. The van der Waals surface area contributed by atoms with Crippen LogP contribution in [-0.4, -0.2) is 75.5 Å². The van der Waals surface area contributed by atoms with Crippen LogP contribution in [0.2, 0.25) is 0 Å². The molecule has 0 aliphatic carbocycles. The van der Waals surface area contributed by atoms with Gasteiger partial charge in [-0.2, -0.15) is 9.44 Å². The first-order valence-electron chi connectivity index (χ1n) is 14.6. The topological polar surface area (TPSA) is 135 Å². The second-order valence-electron chi connectivity index (χ2n) is 11.1. The second-order valence-corrected chi connectivity index (χ2v) is 16.9. The number of aromatic nitrogens is 4. The third-order valence-electron chi connectivity index (χ3n) is 6.38. The van der Waals surface area contributed by atoms with Crippen molar-refractivity contribution in [2.24, 2.45) is 0 Å². The highest BCUT2D eigenvalue weighted by Crippen LogP contribution is 2.42. The molecule has 40 heavy (non-hydrogen) atoms. The molecule has 10 nitrogen and oxygen atoms in total. The Bertz CT molecular complexity index is 1140. The lowest BCUT2D eigenvalue weighted by Gasteiger charge is -2.17. The van der Waals surface area contributed by atoms with Crippen molar-refractivity contribution in [1.29, 1.82) is 0 Å². The summed E-state index contributed by atoms with van der Waals surface area (Å²) in [6.07, 6.45) is 23.7. The van der Waals surface area contributed by atoms with Gasteiger partial charge in [-0.05, 0) is 45.0 Å². The third kappa shape index (κ3) is 15.5. The van der Waals surface area contributed by atoms with Gasteiger partial charge in [0.05, 0.1) is 25.6 Å². The fourth-order valence-corrected chi connectivity index (χ4v) is 5.90. The van der Waals surface area contributed by atoms with E-state index in [1.54, 1.807) is 17.8 Å². The first-order chi connectivity index (χ1) is 19.1. The highest BCUT2D eigenvalue weighted by atomic mass is 32.2. The van der Waals surface area contributed by atoms with Crippen LogP contribution < -0.4 is 5.73 Å². The van der Waals surface area contributed by atoms with E-state index in [0.29, 0.717) is 36.6 Å². The molecule has 2 atom stereocenters. The van der Waals surface area contributed by atoms with Crippen molar-refractivity contribution in [2.75, 3.05) is 50.7 Å². The molecule has 0 bridgehead atoms. The van der Waals surface area contributed by atoms with Gasteiger partial charge in [0, 0.05) is 19.6 Å². The highest BCUT2D eigenvalue weighted by molar-refractivity contribution is 8.22. The Balaban J connectivity index is 1.39. The number of nitrogens with zero attached hydrogens (tertiary/aromatic N) is 4. The van der Waals surface area contributed by atoms with Crippen molar-refractivity contribution in [3.63, 3.8) is 0 Å². The lowest BCUT2D eigenvalue weighted by Crippen LogP contribution is -2.17. The minimum Gasteiger partial charge on any atom is -0.382 e. The molecule has 2 rings (SSSR count). The molecule has 3 N–H and O–H groups in total. The molecule has 0 fully saturated rings. The molecule has 2 aromatic heterocycles. The van der Waals surface area contributed by atoms with Crippen molar-refractivity contribution in [1.82, 2.24) is 19.5 Å². The van der Waals surface area contributed by atoms with E-state index >= 15 is 0 Å². The van der Waals surface area contributed by atoms with Crippen molar-refractivity contribution < 1.29 is 23.5 Å². The molecule has 0 aliphatic rings. The second kappa shape index (κ2) is 18.9. The maximum Gasteiger partial charge on any atom is 0.353 e. The summed E-state index contributed by atoms with van der Waals surface area (Å²) in [4.78, 5) is 22.4. The first-order valence-corrected chi connectivity index (χ1v) is 19.2. The molecule has 12 heteroatoms. The molecule has 1 unspecified atom stereocenters. The molecule has 0 aliphatic heterocycles. The molecule has 0 radical (unpaired) electrons. The van der Waals surface area contributed by atoms with Crippen LogP contribution in [-0.2, 0) is 25.1 Å². The van der Waals surface area contributed by atoms with Gasteiger partial charge in [0.2, 0.25) is 0 Å². The molecule has 0 spiro atoms. The fourth-order valence-electron chi connectivity index (χ4n) is 4.21. The first kappa shape index (κ1) is 34.7. The summed E-state index contributed by atoms with van der Waals surface area (Å²) in [5, 5.41) is 3.63. The van der Waals surface area contributed by atoms with Crippen molar-refractivity contribution in [2.45, 2.75) is 96.6 Å². The average molecular weight is 602 g/mol. The summed E-state index contributed by atoms with van der Waals surface area (Å²) in [5.74, 6) is 0.308. The normalized spacial score (nSPS) is 14.3. The van der Waals surface area contributed by atoms with E-state index in [1.165, 1.54) is 64.1 Å². The number of nitrogens with two attached hydrogens (primary N) is 1. The summed E-state index contributed by atoms with van der Waals surface area (Å²) in [6.45, 7) is 3.60. The van der Waals surface area contributed by atoms with Crippen molar-refractivity contribution >= 4 is 34.0 Å². The quantitative estimate of drug-likeness (QED) is 0.117. The summed E-state index contributed by atoms with van der Waals surface area (Å²) in [5.41, 5.74) is 6.92. The van der Waals surface area contributed by atoms with Gasteiger partial charge in [-0.1, -0.05) is 51.4 Å². The summed E-state index contributed by atoms with van der Waals surface area (Å²) >= 11 is 0. The number of ether oxygens (including phenoxy) is 2. The van der Waals surface area contributed by atoms with E-state index in [9.17, 15) is 9.46 Å². The Morgan fingerprint density at radius 3 is 2.25 bits per heavy atom. The van der Waals surface area contributed by atoms with Crippen LogP contribution in [0, 0.1) is 5.18 Å². The van der Waals surface area contributed by atoms with Gasteiger partial charge in [0.15, 0.2) is 11.5 Å². The number of nitrogen functional groups attached to an aromatic ring is 1. The molecule has 0 saturated heterocycles. The van der Waals surface area contributed by atoms with E-state index in [1.807, 2.05) is 0 Å². The minimum absolute atomic E-state index is 0.155. The minimum atomic E-state index is -3.84. The number of imidazole rings is 1.